The summed E-state index contributed by atoms with van der Waals surface area (Å²) in [4.78, 5) is 0. The van der Waals surface area contributed by atoms with Gasteiger partial charge in [-0.3, -0.25) is 0 Å². The van der Waals surface area contributed by atoms with Crippen LogP contribution in [0.15, 0.2) is 0 Å². The molecule has 0 aromatic heterocycles. The van der Waals surface area contributed by atoms with Crippen molar-refractivity contribution in [3.63, 3.8) is 0 Å². The minimum atomic E-state index is -0.954. The van der Waals surface area contributed by atoms with Gasteiger partial charge in [0, 0.05) is 13.7 Å². The first-order chi connectivity index (χ1) is 5.22. The molecule has 11 heavy (non-hydrogen) atoms. The molecule has 0 aliphatic carbocycles. The summed E-state index contributed by atoms with van der Waals surface area (Å²) < 4.78 is 0. The Morgan fingerprint density at radius 3 is 1.18 bits per heavy atom. The Labute approximate surface area is 66.5 Å². The van der Waals surface area contributed by atoms with Crippen LogP contribution < -0.4 is 0 Å². The molecule has 0 aromatic carbocycles. The fourth-order valence-corrected chi connectivity index (χ4v) is 0.0577. The molecule has 0 bridgehead atoms. The van der Waals surface area contributed by atoms with E-state index in [1.807, 2.05) is 0 Å². The second kappa shape index (κ2) is 22.6. The van der Waals surface area contributed by atoms with Crippen molar-refractivity contribution >= 4 is 0 Å². The van der Waals surface area contributed by atoms with E-state index in [2.05, 4.69) is 0 Å². The van der Waals surface area contributed by atoms with E-state index in [0.717, 1.165) is 7.11 Å². The third-order valence-corrected chi connectivity index (χ3v) is 0.421. The Kier molecular flexibility index (Phi) is 35.0. The van der Waals surface area contributed by atoms with E-state index in [-0.39, 0.29) is 19.8 Å². The number of hydrogen-bond donors (Lipinski definition) is 5. The van der Waals surface area contributed by atoms with E-state index in [4.69, 9.17) is 25.5 Å². The lowest BCUT2D eigenvalue weighted by molar-refractivity contribution is 0.0450. The molecule has 0 aliphatic heterocycles. The average Bonchev–Trinajstić information content (AvgIpc) is 2.08. The molecule has 5 heteroatoms. The van der Waals surface area contributed by atoms with Crippen LogP contribution in [0.5, 0.6) is 0 Å². The molecule has 0 saturated carbocycles. The molecule has 0 unspecified atom stereocenters. The highest BCUT2D eigenvalue weighted by molar-refractivity contribution is 4.43. The maximum absolute atomic E-state index is 8.17. The van der Waals surface area contributed by atoms with Crippen LogP contribution in [0.3, 0.4) is 0 Å². The second-order valence-electron chi connectivity index (χ2n) is 1.34. The maximum Gasteiger partial charge on any atom is 0.100 e. The quantitative estimate of drug-likeness (QED) is 0.328. The molecule has 0 atom stereocenters. The molecule has 0 spiro atoms. The standard InChI is InChI=1S/C3H8O3.C2H6O.CH4O/c4-1-3(6)2-5;1-2-3;1-2/h3-6H,1-2H2;3H,2H2,1H3;2H,1H3. The number of aliphatic hydroxyl groups is 5. The molecular formula is C6H18O5. The highest BCUT2D eigenvalue weighted by Gasteiger charge is 1.93. The van der Waals surface area contributed by atoms with Gasteiger partial charge in [0.05, 0.1) is 13.2 Å². The minimum absolute atomic E-state index is 0.250. The molecule has 0 aliphatic rings. The maximum atomic E-state index is 8.17. The summed E-state index contributed by atoms with van der Waals surface area (Å²) >= 11 is 0. The third-order valence-electron chi connectivity index (χ3n) is 0.421. The van der Waals surface area contributed by atoms with Crippen molar-refractivity contribution in [2.24, 2.45) is 0 Å². The lowest BCUT2D eigenvalue weighted by Gasteiger charge is -1.96. The first-order valence-electron chi connectivity index (χ1n) is 3.18. The smallest absolute Gasteiger partial charge is 0.100 e. The molecule has 0 saturated heterocycles. The molecule has 0 radical (unpaired) electrons. The predicted octanol–water partition coefficient (Wildman–Crippen LogP) is -2.06. The monoisotopic (exact) mass is 170 g/mol. The van der Waals surface area contributed by atoms with Crippen LogP contribution in [0.2, 0.25) is 0 Å². The topological polar surface area (TPSA) is 101 Å². The van der Waals surface area contributed by atoms with Crippen LogP contribution in [0, 0.1) is 0 Å². The minimum Gasteiger partial charge on any atom is -0.400 e. The van der Waals surface area contributed by atoms with Crippen molar-refractivity contribution in [2.75, 3.05) is 26.9 Å². The zero-order valence-electron chi connectivity index (χ0n) is 6.93. The lowest BCUT2D eigenvalue weighted by Crippen LogP contribution is -2.15. The summed E-state index contributed by atoms with van der Waals surface area (Å²) in [6.45, 7) is 1.20. The summed E-state index contributed by atoms with van der Waals surface area (Å²) in [5.74, 6) is 0. The van der Waals surface area contributed by atoms with Crippen molar-refractivity contribution in [2.45, 2.75) is 13.0 Å². The third kappa shape index (κ3) is 41.3. The van der Waals surface area contributed by atoms with Crippen molar-refractivity contribution in [1.29, 1.82) is 0 Å². The molecule has 5 N–H and O–H groups in total. The molecule has 0 amide bonds. The van der Waals surface area contributed by atoms with Crippen LogP contribution in [0.25, 0.3) is 0 Å². The van der Waals surface area contributed by atoms with E-state index >= 15 is 0 Å². The van der Waals surface area contributed by atoms with Gasteiger partial charge in [-0.25, -0.2) is 0 Å². The highest BCUT2D eigenvalue weighted by atomic mass is 16.3. The fraction of sp³-hybridized carbons (Fsp3) is 1.00. The van der Waals surface area contributed by atoms with Crippen LogP contribution in [-0.2, 0) is 0 Å². The van der Waals surface area contributed by atoms with Gasteiger partial charge < -0.3 is 25.5 Å². The van der Waals surface area contributed by atoms with Crippen LogP contribution in [0.1, 0.15) is 6.92 Å². The van der Waals surface area contributed by atoms with Gasteiger partial charge in [0.1, 0.15) is 6.10 Å². The van der Waals surface area contributed by atoms with Crippen molar-refractivity contribution in [3.05, 3.63) is 0 Å². The largest absolute Gasteiger partial charge is 0.400 e. The molecule has 0 heterocycles. The Morgan fingerprint density at radius 2 is 1.18 bits per heavy atom. The summed E-state index contributed by atoms with van der Waals surface area (Å²) in [6, 6.07) is 0. The van der Waals surface area contributed by atoms with Gasteiger partial charge >= 0.3 is 0 Å². The van der Waals surface area contributed by atoms with E-state index in [9.17, 15) is 0 Å². The lowest BCUT2D eigenvalue weighted by atomic mass is 10.4. The number of hydrogen-bond acceptors (Lipinski definition) is 5. The van der Waals surface area contributed by atoms with Crippen LogP contribution >= 0.6 is 0 Å². The molecule has 72 valence electrons. The Bertz CT molecular complexity index is 38.0. The molecule has 5 nitrogen and oxygen atoms in total. The fourth-order valence-electron chi connectivity index (χ4n) is 0.0577. The van der Waals surface area contributed by atoms with E-state index < -0.39 is 6.10 Å². The van der Waals surface area contributed by atoms with Gasteiger partial charge in [0.2, 0.25) is 0 Å². The summed E-state index contributed by atoms with van der Waals surface area (Å²) in [7, 11) is 1.00. The molecule has 0 fully saturated rings. The van der Waals surface area contributed by atoms with Gasteiger partial charge in [-0.2, -0.15) is 0 Å². The average molecular weight is 170 g/mol. The summed E-state index contributed by atoms with van der Waals surface area (Å²) in [5, 5.41) is 38.6. The van der Waals surface area contributed by atoms with Crippen molar-refractivity contribution in [1.82, 2.24) is 0 Å². The van der Waals surface area contributed by atoms with Gasteiger partial charge in [0.15, 0.2) is 0 Å². The van der Waals surface area contributed by atoms with Gasteiger partial charge in [0.25, 0.3) is 0 Å². The summed E-state index contributed by atoms with van der Waals surface area (Å²) in [6.07, 6.45) is -0.954. The Hall–Kier alpha value is -0.200. The zero-order chi connectivity index (χ0) is 9.70. The van der Waals surface area contributed by atoms with E-state index in [0.29, 0.717) is 0 Å². The zero-order valence-corrected chi connectivity index (χ0v) is 6.93. The molecule has 0 aromatic rings. The Balaban J connectivity index is -0.000000109. The van der Waals surface area contributed by atoms with E-state index in [1.54, 1.807) is 6.92 Å². The first-order valence-corrected chi connectivity index (χ1v) is 3.18. The normalized spacial score (nSPS) is 7.64. The van der Waals surface area contributed by atoms with Gasteiger partial charge in [-0.1, -0.05) is 0 Å². The molecule has 0 rings (SSSR count). The van der Waals surface area contributed by atoms with Crippen LogP contribution in [-0.4, -0.2) is 58.6 Å². The highest BCUT2D eigenvalue weighted by Crippen LogP contribution is 1.71. The number of rotatable bonds is 2. The first kappa shape index (κ1) is 17.0. The van der Waals surface area contributed by atoms with Crippen molar-refractivity contribution < 1.29 is 25.5 Å². The van der Waals surface area contributed by atoms with Crippen LogP contribution in [0.4, 0.5) is 0 Å². The van der Waals surface area contributed by atoms with Crippen molar-refractivity contribution in [3.8, 4) is 0 Å². The van der Waals surface area contributed by atoms with E-state index in [1.165, 1.54) is 0 Å². The number of aliphatic hydroxyl groups excluding tert-OH is 5. The summed E-state index contributed by atoms with van der Waals surface area (Å²) in [5.41, 5.74) is 0. The predicted molar refractivity (Wildman–Crippen MR) is 41.1 cm³/mol. The second-order valence-corrected chi connectivity index (χ2v) is 1.34. The Morgan fingerprint density at radius 1 is 1.00 bits per heavy atom. The molecular weight excluding hydrogens is 152 g/mol. The van der Waals surface area contributed by atoms with Gasteiger partial charge in [-0.05, 0) is 6.92 Å². The SMILES string of the molecule is CCO.CO.OCC(O)CO. The van der Waals surface area contributed by atoms with Gasteiger partial charge in [-0.15, -0.1) is 0 Å².